The molecule has 5 heteroatoms. The lowest BCUT2D eigenvalue weighted by Gasteiger charge is -2.05. The maximum absolute atomic E-state index is 12.1. The molecule has 0 radical (unpaired) electrons. The van der Waals surface area contributed by atoms with Crippen LogP contribution in [0.5, 0.6) is 0 Å². The maximum Gasteiger partial charge on any atom is 0.195 e. The van der Waals surface area contributed by atoms with E-state index in [1.165, 1.54) is 0 Å². The minimum absolute atomic E-state index is 0.111. The first-order valence-corrected chi connectivity index (χ1v) is 5.54. The van der Waals surface area contributed by atoms with Crippen LogP contribution in [0.3, 0.4) is 0 Å². The van der Waals surface area contributed by atoms with Crippen molar-refractivity contribution in [2.75, 3.05) is 5.73 Å². The molecule has 0 heterocycles. The molecule has 0 aliphatic heterocycles. The number of hydrogen-bond acceptors (Lipinski definition) is 4. The van der Waals surface area contributed by atoms with Crippen LogP contribution >= 0.6 is 11.6 Å². The minimum Gasteiger partial charge on any atom is -0.398 e. The van der Waals surface area contributed by atoms with Gasteiger partial charge in [-0.15, -0.1) is 0 Å². The summed E-state index contributed by atoms with van der Waals surface area (Å²) >= 11 is 5.84. The average molecular weight is 264 g/mol. The predicted molar refractivity (Wildman–Crippen MR) is 74.1 cm³/mol. The van der Waals surface area contributed by atoms with Crippen molar-refractivity contribution < 1.29 is 4.79 Å². The average Bonchev–Trinajstić information content (AvgIpc) is 2.44. The van der Waals surface area contributed by atoms with Gasteiger partial charge >= 0.3 is 0 Å². The van der Waals surface area contributed by atoms with E-state index in [1.54, 1.807) is 30.3 Å². The Bertz CT molecular complexity index is 529. The molecule has 0 aliphatic rings. The summed E-state index contributed by atoms with van der Waals surface area (Å²) in [7, 11) is 0. The molecule has 0 fully saturated rings. The van der Waals surface area contributed by atoms with Crippen molar-refractivity contribution in [1.29, 1.82) is 0 Å². The second-order valence-electron chi connectivity index (χ2n) is 3.43. The van der Waals surface area contributed by atoms with Crippen molar-refractivity contribution in [1.82, 2.24) is 0 Å². The van der Waals surface area contributed by atoms with Crippen LogP contribution in [0.25, 0.3) is 0 Å². The van der Waals surface area contributed by atoms with Crippen LogP contribution in [-0.4, -0.2) is 5.78 Å². The van der Waals surface area contributed by atoms with Crippen LogP contribution in [0, 0.1) is 0 Å². The highest BCUT2D eigenvalue weighted by atomic mass is 35.5. The van der Waals surface area contributed by atoms with E-state index < -0.39 is 0 Å². The van der Waals surface area contributed by atoms with E-state index in [-0.39, 0.29) is 5.78 Å². The van der Waals surface area contributed by atoms with Crippen LogP contribution in [0.2, 0.25) is 5.02 Å². The summed E-state index contributed by atoms with van der Waals surface area (Å²) in [5.74, 6) is 7.89. The molecule has 0 saturated carbocycles. The van der Waals surface area contributed by atoms with Gasteiger partial charge in [-0.2, -0.15) is 0 Å². The third kappa shape index (κ3) is 3.30. The highest BCUT2D eigenvalue weighted by Crippen LogP contribution is 2.20. The Kier molecular flexibility index (Phi) is 5.32. The Morgan fingerprint density at radius 1 is 1.00 bits per heavy atom. The molecule has 0 unspecified atom stereocenters. The van der Waals surface area contributed by atoms with Gasteiger partial charge in [0.25, 0.3) is 0 Å². The van der Waals surface area contributed by atoms with E-state index in [0.29, 0.717) is 21.8 Å². The Balaban J connectivity index is 0.000000771. The molecular formula is C13H14ClN3O. The molecule has 0 aromatic heterocycles. The van der Waals surface area contributed by atoms with E-state index in [2.05, 4.69) is 11.7 Å². The van der Waals surface area contributed by atoms with Crippen molar-refractivity contribution in [3.05, 3.63) is 64.7 Å². The maximum atomic E-state index is 12.1. The lowest BCUT2D eigenvalue weighted by Crippen LogP contribution is -2.04. The summed E-state index contributed by atoms with van der Waals surface area (Å²) in [4.78, 5) is 12.1. The van der Waals surface area contributed by atoms with E-state index in [0.717, 1.165) is 0 Å². The topological polar surface area (TPSA) is 95.1 Å². The van der Waals surface area contributed by atoms with Gasteiger partial charge in [0.15, 0.2) is 5.78 Å². The summed E-state index contributed by atoms with van der Waals surface area (Å²) in [6.45, 7) is 0. The van der Waals surface area contributed by atoms with Crippen molar-refractivity contribution in [2.24, 2.45) is 11.7 Å². The van der Waals surface area contributed by atoms with Crippen molar-refractivity contribution in [2.45, 2.75) is 0 Å². The standard InChI is InChI=1S/C13H10ClNO.H4N2/c14-10-6-7-12(15)11(8-10)13(16)9-4-2-1-3-5-9;1-2/h1-8H,15H2;1-2H2. The summed E-state index contributed by atoms with van der Waals surface area (Å²) in [6.07, 6.45) is 0. The molecule has 18 heavy (non-hydrogen) atoms. The van der Waals surface area contributed by atoms with Crippen LogP contribution in [0.1, 0.15) is 15.9 Å². The second-order valence-corrected chi connectivity index (χ2v) is 3.86. The summed E-state index contributed by atoms with van der Waals surface area (Å²) < 4.78 is 0. The smallest absolute Gasteiger partial charge is 0.195 e. The van der Waals surface area contributed by atoms with Gasteiger partial charge in [0.1, 0.15) is 0 Å². The Labute approximate surface area is 110 Å². The lowest BCUT2D eigenvalue weighted by molar-refractivity contribution is 0.103. The van der Waals surface area contributed by atoms with Gasteiger partial charge in [0.2, 0.25) is 0 Å². The van der Waals surface area contributed by atoms with Crippen LogP contribution in [0.15, 0.2) is 48.5 Å². The number of rotatable bonds is 2. The fraction of sp³-hybridized carbons (Fsp3) is 0. The molecule has 4 nitrogen and oxygen atoms in total. The molecule has 0 aliphatic carbocycles. The monoisotopic (exact) mass is 263 g/mol. The fourth-order valence-electron chi connectivity index (χ4n) is 1.47. The largest absolute Gasteiger partial charge is 0.398 e. The number of carbonyl (C=O) groups excluding carboxylic acids is 1. The van der Waals surface area contributed by atoms with Gasteiger partial charge < -0.3 is 5.73 Å². The second kappa shape index (κ2) is 6.76. The van der Waals surface area contributed by atoms with Crippen molar-refractivity contribution in [3.8, 4) is 0 Å². The number of anilines is 1. The normalized spacial score (nSPS) is 9.28. The summed E-state index contributed by atoms with van der Waals surface area (Å²) in [5, 5.41) is 0.508. The number of carbonyl (C=O) groups is 1. The highest BCUT2D eigenvalue weighted by molar-refractivity contribution is 6.31. The predicted octanol–water partition coefficient (Wildman–Crippen LogP) is 1.97. The number of benzene rings is 2. The number of hydrazine groups is 1. The number of nitrogens with two attached hydrogens (primary N) is 3. The molecule has 0 bridgehead atoms. The first-order valence-electron chi connectivity index (χ1n) is 5.16. The third-order valence-electron chi connectivity index (χ3n) is 2.30. The van der Waals surface area contributed by atoms with Gasteiger partial charge in [-0.1, -0.05) is 41.9 Å². The molecule has 2 aromatic carbocycles. The SMILES string of the molecule is NN.Nc1ccc(Cl)cc1C(=O)c1ccccc1. The van der Waals surface area contributed by atoms with E-state index in [4.69, 9.17) is 17.3 Å². The van der Waals surface area contributed by atoms with Gasteiger partial charge in [-0.3, -0.25) is 16.5 Å². The molecule has 0 atom stereocenters. The number of ketones is 1. The van der Waals surface area contributed by atoms with Crippen molar-refractivity contribution in [3.63, 3.8) is 0 Å². The highest BCUT2D eigenvalue weighted by Gasteiger charge is 2.12. The Morgan fingerprint density at radius 2 is 1.61 bits per heavy atom. The van der Waals surface area contributed by atoms with E-state index >= 15 is 0 Å². The van der Waals surface area contributed by atoms with Gasteiger partial charge in [0, 0.05) is 21.8 Å². The molecule has 0 amide bonds. The van der Waals surface area contributed by atoms with Gasteiger partial charge in [-0.25, -0.2) is 0 Å². The van der Waals surface area contributed by atoms with E-state index in [1.807, 2.05) is 18.2 Å². The zero-order chi connectivity index (χ0) is 13.5. The van der Waals surface area contributed by atoms with Gasteiger partial charge in [0.05, 0.1) is 0 Å². The van der Waals surface area contributed by atoms with Crippen molar-refractivity contribution >= 4 is 23.1 Å². The molecule has 0 saturated heterocycles. The zero-order valence-corrected chi connectivity index (χ0v) is 10.4. The van der Waals surface area contributed by atoms with Crippen LogP contribution in [-0.2, 0) is 0 Å². The van der Waals surface area contributed by atoms with E-state index in [9.17, 15) is 4.79 Å². The van der Waals surface area contributed by atoms with Gasteiger partial charge in [-0.05, 0) is 18.2 Å². The summed E-state index contributed by atoms with van der Waals surface area (Å²) in [6, 6.07) is 13.9. The quantitative estimate of drug-likeness (QED) is 0.334. The molecule has 2 aromatic rings. The minimum atomic E-state index is -0.111. The zero-order valence-electron chi connectivity index (χ0n) is 9.64. The molecule has 94 valence electrons. The lowest BCUT2D eigenvalue weighted by atomic mass is 10.0. The fourth-order valence-corrected chi connectivity index (χ4v) is 1.64. The number of halogens is 1. The molecule has 6 N–H and O–H groups in total. The van der Waals surface area contributed by atoms with Crippen LogP contribution in [0.4, 0.5) is 5.69 Å². The molecule has 2 rings (SSSR count). The molecular weight excluding hydrogens is 250 g/mol. The Hall–Kier alpha value is -1.88. The first kappa shape index (κ1) is 14.2. The molecule has 0 spiro atoms. The Morgan fingerprint density at radius 3 is 2.22 bits per heavy atom. The third-order valence-corrected chi connectivity index (χ3v) is 2.53. The summed E-state index contributed by atoms with van der Waals surface area (Å²) in [5.41, 5.74) is 7.24. The number of hydrogen-bond donors (Lipinski definition) is 3. The van der Waals surface area contributed by atoms with Crippen LogP contribution < -0.4 is 17.4 Å². The first-order chi connectivity index (χ1) is 8.68. The number of nitrogen functional groups attached to an aromatic ring is 1.